The highest BCUT2D eigenvalue weighted by Gasteiger charge is 2.19. The van der Waals surface area contributed by atoms with Crippen LogP contribution in [0.1, 0.15) is 48.5 Å². The van der Waals surface area contributed by atoms with Crippen molar-refractivity contribution in [2.45, 2.75) is 33.1 Å². The topological polar surface area (TPSA) is 83.3 Å². The molecule has 1 amide bonds. The van der Waals surface area contributed by atoms with Crippen molar-refractivity contribution in [1.82, 2.24) is 15.6 Å². The Balaban J connectivity index is 1.98. The number of aromatic nitrogens is 2. The summed E-state index contributed by atoms with van der Waals surface area (Å²) in [5, 5.41) is 10.7. The van der Waals surface area contributed by atoms with Crippen LogP contribution in [0.4, 0.5) is 0 Å². The van der Waals surface area contributed by atoms with Crippen molar-refractivity contribution in [2.24, 2.45) is 5.10 Å². The summed E-state index contributed by atoms with van der Waals surface area (Å²) < 4.78 is 5.30. The third-order valence-corrected chi connectivity index (χ3v) is 2.74. The fraction of sp³-hybridized carbons (Fsp3) is 0.357. The summed E-state index contributed by atoms with van der Waals surface area (Å²) in [5.41, 5.74) is 3.53. The fourth-order valence-electron chi connectivity index (χ4n) is 1.56. The number of nitrogens with one attached hydrogen (secondary N) is 2. The largest absolute Gasteiger partial charge is 0.460 e. The first kappa shape index (κ1) is 14.0. The molecule has 0 saturated carbocycles. The van der Waals surface area contributed by atoms with E-state index in [0.717, 1.165) is 11.5 Å². The molecule has 0 saturated heterocycles. The number of H-pyrrole nitrogens is 1. The lowest BCUT2D eigenvalue weighted by atomic mass is 9.92. The molecule has 0 aliphatic heterocycles. The minimum atomic E-state index is -0.365. The van der Waals surface area contributed by atoms with Crippen LogP contribution in [0.15, 0.2) is 27.7 Å². The van der Waals surface area contributed by atoms with Gasteiger partial charge in [0, 0.05) is 11.1 Å². The summed E-state index contributed by atoms with van der Waals surface area (Å²) in [6.07, 6.45) is 1.45. The first-order valence-electron chi connectivity index (χ1n) is 6.32. The molecule has 2 aromatic rings. The number of aryl methyl sites for hydroxylation is 1. The summed E-state index contributed by atoms with van der Waals surface area (Å²) in [5.74, 6) is 1.01. The number of rotatable bonds is 3. The van der Waals surface area contributed by atoms with Gasteiger partial charge in [-0.3, -0.25) is 9.89 Å². The smallest absolute Gasteiger partial charge is 0.291 e. The molecule has 2 heterocycles. The van der Waals surface area contributed by atoms with Gasteiger partial charge in [-0.2, -0.15) is 10.2 Å². The predicted octanol–water partition coefficient (Wildman–Crippen LogP) is 2.37. The molecule has 6 nitrogen and oxygen atoms in total. The highest BCUT2D eigenvalue weighted by molar-refractivity contribution is 5.93. The normalized spacial score (nSPS) is 12.0. The van der Waals surface area contributed by atoms with Crippen molar-refractivity contribution in [2.75, 3.05) is 0 Å². The number of amides is 1. The average molecular weight is 274 g/mol. The SMILES string of the molecule is Cc1ccc(/C=N\NC(=O)c2cc(C(C)(C)C)[nH]n2)o1. The zero-order chi connectivity index (χ0) is 14.8. The van der Waals surface area contributed by atoms with Crippen molar-refractivity contribution in [1.29, 1.82) is 0 Å². The second kappa shape index (κ2) is 5.32. The number of carbonyl (C=O) groups excluding carboxylic acids is 1. The molecule has 0 bridgehead atoms. The maximum Gasteiger partial charge on any atom is 0.291 e. The van der Waals surface area contributed by atoms with Crippen LogP contribution < -0.4 is 5.43 Å². The summed E-state index contributed by atoms with van der Waals surface area (Å²) >= 11 is 0. The lowest BCUT2D eigenvalue weighted by Crippen LogP contribution is -2.18. The monoisotopic (exact) mass is 274 g/mol. The summed E-state index contributed by atoms with van der Waals surface area (Å²) in [6.45, 7) is 7.96. The third-order valence-electron chi connectivity index (χ3n) is 2.74. The molecule has 2 N–H and O–H groups in total. The van der Waals surface area contributed by atoms with Gasteiger partial charge < -0.3 is 4.42 Å². The van der Waals surface area contributed by atoms with Gasteiger partial charge >= 0.3 is 0 Å². The maximum absolute atomic E-state index is 11.8. The van der Waals surface area contributed by atoms with Crippen LogP contribution in [0.2, 0.25) is 0 Å². The Morgan fingerprint density at radius 1 is 1.45 bits per heavy atom. The van der Waals surface area contributed by atoms with E-state index in [1.54, 1.807) is 12.1 Å². The summed E-state index contributed by atoms with van der Waals surface area (Å²) in [6, 6.07) is 5.33. The molecule has 0 unspecified atom stereocenters. The molecule has 0 aliphatic carbocycles. The number of carbonyl (C=O) groups is 1. The van der Waals surface area contributed by atoms with Gasteiger partial charge in [-0.15, -0.1) is 0 Å². The second-order valence-electron chi connectivity index (χ2n) is 5.56. The lowest BCUT2D eigenvalue weighted by molar-refractivity contribution is 0.0950. The first-order chi connectivity index (χ1) is 9.36. The third kappa shape index (κ3) is 3.34. The van der Waals surface area contributed by atoms with Gasteiger partial charge in [0.15, 0.2) is 5.69 Å². The molecule has 0 fully saturated rings. The van der Waals surface area contributed by atoms with E-state index in [1.807, 2.05) is 33.8 Å². The highest BCUT2D eigenvalue weighted by Crippen LogP contribution is 2.20. The average Bonchev–Trinajstić information content (AvgIpc) is 2.97. The Hall–Kier alpha value is -2.37. The number of hydrogen-bond donors (Lipinski definition) is 2. The molecule has 0 radical (unpaired) electrons. The highest BCUT2D eigenvalue weighted by atomic mass is 16.3. The second-order valence-corrected chi connectivity index (χ2v) is 5.56. The van der Waals surface area contributed by atoms with E-state index >= 15 is 0 Å². The van der Waals surface area contributed by atoms with Gasteiger partial charge in [-0.25, -0.2) is 5.43 Å². The molecule has 106 valence electrons. The Kier molecular flexibility index (Phi) is 3.74. The van der Waals surface area contributed by atoms with Crippen LogP contribution in [0.3, 0.4) is 0 Å². The van der Waals surface area contributed by atoms with Crippen molar-refractivity contribution in [3.8, 4) is 0 Å². The van der Waals surface area contributed by atoms with E-state index in [4.69, 9.17) is 4.42 Å². The molecule has 6 heteroatoms. The zero-order valence-corrected chi connectivity index (χ0v) is 12.0. The maximum atomic E-state index is 11.8. The van der Waals surface area contributed by atoms with Crippen LogP contribution in [0.5, 0.6) is 0 Å². The van der Waals surface area contributed by atoms with E-state index < -0.39 is 0 Å². The van der Waals surface area contributed by atoms with Crippen LogP contribution in [0, 0.1) is 6.92 Å². The van der Waals surface area contributed by atoms with Crippen molar-refractivity contribution in [3.63, 3.8) is 0 Å². The lowest BCUT2D eigenvalue weighted by Gasteiger charge is -2.14. The number of hydrazone groups is 1. The van der Waals surface area contributed by atoms with Gasteiger partial charge in [0.05, 0.1) is 6.21 Å². The van der Waals surface area contributed by atoms with E-state index in [1.165, 1.54) is 6.21 Å². The Morgan fingerprint density at radius 2 is 2.20 bits per heavy atom. The van der Waals surface area contributed by atoms with Crippen LogP contribution in [-0.2, 0) is 5.41 Å². The molecule has 0 aliphatic rings. The van der Waals surface area contributed by atoms with Gasteiger partial charge in [0.2, 0.25) is 0 Å². The molecule has 0 aromatic carbocycles. The van der Waals surface area contributed by atoms with E-state index in [2.05, 4.69) is 20.7 Å². The number of aromatic amines is 1. The summed E-state index contributed by atoms with van der Waals surface area (Å²) in [7, 11) is 0. The molecular formula is C14H18N4O2. The van der Waals surface area contributed by atoms with Crippen molar-refractivity contribution >= 4 is 12.1 Å². The molecule has 20 heavy (non-hydrogen) atoms. The number of furan rings is 1. The van der Waals surface area contributed by atoms with Gasteiger partial charge in [-0.1, -0.05) is 20.8 Å². The molecule has 2 rings (SSSR count). The zero-order valence-electron chi connectivity index (χ0n) is 12.0. The Morgan fingerprint density at radius 3 is 2.75 bits per heavy atom. The van der Waals surface area contributed by atoms with Gasteiger partial charge in [-0.05, 0) is 25.1 Å². The number of hydrogen-bond acceptors (Lipinski definition) is 4. The van der Waals surface area contributed by atoms with Crippen LogP contribution >= 0.6 is 0 Å². The predicted molar refractivity (Wildman–Crippen MR) is 75.8 cm³/mol. The molecule has 2 aromatic heterocycles. The number of nitrogens with zero attached hydrogens (tertiary/aromatic N) is 2. The minimum Gasteiger partial charge on any atom is -0.460 e. The van der Waals surface area contributed by atoms with E-state index in [0.29, 0.717) is 11.5 Å². The first-order valence-corrected chi connectivity index (χ1v) is 6.32. The van der Waals surface area contributed by atoms with Crippen LogP contribution in [0.25, 0.3) is 0 Å². The Labute approximate surface area is 117 Å². The molecule has 0 spiro atoms. The minimum absolute atomic E-state index is 0.0828. The van der Waals surface area contributed by atoms with E-state index in [-0.39, 0.29) is 11.3 Å². The quantitative estimate of drug-likeness (QED) is 0.665. The molecule has 0 atom stereocenters. The van der Waals surface area contributed by atoms with Crippen molar-refractivity contribution < 1.29 is 9.21 Å². The fourth-order valence-corrected chi connectivity index (χ4v) is 1.56. The summed E-state index contributed by atoms with van der Waals surface area (Å²) in [4.78, 5) is 11.8. The van der Waals surface area contributed by atoms with E-state index in [9.17, 15) is 4.79 Å². The van der Waals surface area contributed by atoms with Crippen molar-refractivity contribution in [3.05, 3.63) is 41.1 Å². The standard InChI is InChI=1S/C14H18N4O2/c1-9-5-6-10(20-9)8-15-18-13(19)11-7-12(17-16-11)14(2,3)4/h5-8H,1-4H3,(H,16,17)(H,18,19)/b15-8-. The van der Waals surface area contributed by atoms with Gasteiger partial charge in [0.1, 0.15) is 11.5 Å². The van der Waals surface area contributed by atoms with Gasteiger partial charge in [0.25, 0.3) is 5.91 Å². The Bertz CT molecular complexity index is 632. The molecular weight excluding hydrogens is 256 g/mol. The van der Waals surface area contributed by atoms with Crippen LogP contribution in [-0.4, -0.2) is 22.3 Å².